The Kier molecular flexibility index (Phi) is 4.64. The van der Waals surface area contributed by atoms with Gasteiger partial charge in [-0.1, -0.05) is 41.8 Å². The summed E-state index contributed by atoms with van der Waals surface area (Å²) < 4.78 is 24.4. The van der Waals surface area contributed by atoms with Gasteiger partial charge in [0.15, 0.2) is 0 Å². The van der Waals surface area contributed by atoms with E-state index in [1.54, 1.807) is 31.2 Å². The maximum absolute atomic E-state index is 11.4. The van der Waals surface area contributed by atoms with Gasteiger partial charge in [-0.2, -0.15) is 9.78 Å². The van der Waals surface area contributed by atoms with Crippen molar-refractivity contribution in [1.82, 2.24) is 9.78 Å². The molecule has 0 bridgehead atoms. The van der Waals surface area contributed by atoms with Gasteiger partial charge in [-0.25, -0.2) is 13.6 Å². The second-order valence-corrected chi connectivity index (χ2v) is 7.27. The number of sulfonamides is 1. The number of rotatable bonds is 3. The van der Waals surface area contributed by atoms with E-state index in [1.807, 2.05) is 18.3 Å². The molecule has 5 nitrogen and oxygen atoms in total. The van der Waals surface area contributed by atoms with Gasteiger partial charge >= 0.3 is 0 Å². The highest BCUT2D eigenvalue weighted by molar-refractivity contribution is 7.89. The van der Waals surface area contributed by atoms with Crippen molar-refractivity contribution in [1.29, 1.82) is 0 Å². The Bertz CT molecular complexity index is 1070. The van der Waals surface area contributed by atoms with Crippen LogP contribution in [0.5, 0.6) is 0 Å². The van der Waals surface area contributed by atoms with Crippen molar-refractivity contribution >= 4 is 21.6 Å². The second-order valence-electron chi connectivity index (χ2n) is 5.27. The van der Waals surface area contributed by atoms with Crippen molar-refractivity contribution in [3.05, 3.63) is 59.8 Å². The first kappa shape index (κ1) is 17.2. The molecule has 0 fully saturated rings. The second kappa shape index (κ2) is 6.73. The average molecular weight is 372 g/mol. The highest BCUT2D eigenvalue weighted by atomic mass is 35.5. The highest BCUT2D eigenvalue weighted by Gasteiger charge is 2.14. The lowest BCUT2D eigenvalue weighted by Gasteiger charge is -2.04. The Hall–Kier alpha value is -2.59. The third kappa shape index (κ3) is 3.74. The summed E-state index contributed by atoms with van der Waals surface area (Å²) in [6, 6.07) is 16.5. The molecular formula is C18H14ClN3O2S. The predicted molar refractivity (Wildman–Crippen MR) is 98.3 cm³/mol. The molecule has 126 valence electrons. The average Bonchev–Trinajstić information content (AvgIpc) is 2.99. The van der Waals surface area contributed by atoms with Crippen LogP contribution in [0, 0.1) is 12.0 Å². The summed E-state index contributed by atoms with van der Waals surface area (Å²) in [6.07, 6.45) is 1.82. The van der Waals surface area contributed by atoms with Crippen LogP contribution in [0.1, 0.15) is 6.92 Å². The first-order valence-corrected chi connectivity index (χ1v) is 9.22. The van der Waals surface area contributed by atoms with Gasteiger partial charge in [0.05, 0.1) is 4.90 Å². The quantitative estimate of drug-likeness (QED) is 0.717. The molecule has 0 atom stereocenters. The molecule has 7 heteroatoms. The summed E-state index contributed by atoms with van der Waals surface area (Å²) in [5, 5.41) is 10.3. The van der Waals surface area contributed by atoms with E-state index < -0.39 is 10.0 Å². The van der Waals surface area contributed by atoms with E-state index in [4.69, 9.17) is 16.7 Å². The summed E-state index contributed by atoms with van der Waals surface area (Å²) in [6.45, 7) is 1.73. The summed E-state index contributed by atoms with van der Waals surface area (Å²) in [4.78, 5) is 0.0528. The first-order valence-electron chi connectivity index (χ1n) is 7.30. The number of nitrogens with two attached hydrogens (primary N) is 1. The van der Waals surface area contributed by atoms with Gasteiger partial charge in [-0.15, -0.1) is 0 Å². The predicted octanol–water partition coefficient (Wildman–Crippen LogP) is 3.35. The SMILES string of the molecule is CC#Cn1cc(-c2ccc(Cl)cc2)c(-c2ccc(S(N)(=O)=O)cc2)n1. The number of halogens is 1. The summed E-state index contributed by atoms with van der Waals surface area (Å²) in [5.74, 6) is 2.80. The lowest BCUT2D eigenvalue weighted by molar-refractivity contribution is 0.598. The fourth-order valence-corrected chi connectivity index (χ4v) is 3.04. The monoisotopic (exact) mass is 371 g/mol. The molecule has 0 radical (unpaired) electrons. The first-order chi connectivity index (χ1) is 11.9. The van der Waals surface area contributed by atoms with Crippen molar-refractivity contribution in [3.63, 3.8) is 0 Å². The van der Waals surface area contributed by atoms with E-state index in [-0.39, 0.29) is 4.90 Å². The van der Waals surface area contributed by atoms with Crippen LogP contribution in [0.15, 0.2) is 59.6 Å². The number of aromatic nitrogens is 2. The fourth-order valence-electron chi connectivity index (χ4n) is 2.40. The maximum atomic E-state index is 11.4. The van der Waals surface area contributed by atoms with Crippen LogP contribution < -0.4 is 5.14 Å². The molecule has 3 rings (SSSR count). The normalized spacial score (nSPS) is 11.0. The zero-order valence-corrected chi connectivity index (χ0v) is 14.8. The van der Waals surface area contributed by atoms with Crippen molar-refractivity contribution in [2.45, 2.75) is 11.8 Å². The van der Waals surface area contributed by atoms with Gasteiger partial charge in [0.25, 0.3) is 0 Å². The van der Waals surface area contributed by atoms with Crippen molar-refractivity contribution < 1.29 is 8.42 Å². The molecule has 3 aromatic rings. The summed E-state index contributed by atoms with van der Waals surface area (Å²) >= 11 is 5.96. The third-order valence-electron chi connectivity index (χ3n) is 3.55. The van der Waals surface area contributed by atoms with Gasteiger partial charge in [0, 0.05) is 28.4 Å². The van der Waals surface area contributed by atoms with Gasteiger partial charge in [-0.05, 0) is 36.8 Å². The number of hydrogen-bond donors (Lipinski definition) is 1. The van der Waals surface area contributed by atoms with Gasteiger partial charge in [0.2, 0.25) is 10.0 Å². The zero-order valence-electron chi connectivity index (χ0n) is 13.3. The molecule has 0 aliphatic carbocycles. The lowest BCUT2D eigenvalue weighted by Crippen LogP contribution is -2.11. The number of benzene rings is 2. The molecular weight excluding hydrogens is 358 g/mol. The van der Waals surface area contributed by atoms with Gasteiger partial charge in [0.1, 0.15) is 5.69 Å². The topological polar surface area (TPSA) is 78.0 Å². The number of primary sulfonamides is 1. The van der Waals surface area contributed by atoms with Crippen LogP contribution in [-0.2, 0) is 10.0 Å². The van der Waals surface area contributed by atoms with Crippen LogP contribution >= 0.6 is 11.6 Å². The standard InChI is InChI=1S/C18H14ClN3O2S/c1-2-11-22-12-17(13-3-7-15(19)8-4-13)18(21-22)14-5-9-16(10-6-14)25(20,23)24/h3-10,12H,1H3,(H2,20,23,24). The molecule has 0 unspecified atom stereocenters. The third-order valence-corrected chi connectivity index (χ3v) is 4.73. The molecule has 0 aliphatic heterocycles. The van der Waals surface area contributed by atoms with Gasteiger partial charge in [-0.3, -0.25) is 0 Å². The Labute approximate surface area is 151 Å². The fraction of sp³-hybridized carbons (Fsp3) is 0.0556. The van der Waals surface area contributed by atoms with Crippen LogP contribution in [0.2, 0.25) is 5.02 Å². The zero-order chi connectivity index (χ0) is 18.0. The maximum Gasteiger partial charge on any atom is 0.238 e. The minimum absolute atomic E-state index is 0.0528. The molecule has 2 aromatic carbocycles. The molecule has 1 heterocycles. The minimum atomic E-state index is -3.73. The minimum Gasteiger partial charge on any atom is -0.225 e. The number of nitrogens with zero attached hydrogens (tertiary/aromatic N) is 2. The molecule has 0 spiro atoms. The Morgan fingerprint density at radius 3 is 2.20 bits per heavy atom. The van der Waals surface area contributed by atoms with E-state index in [2.05, 4.69) is 17.1 Å². The highest BCUT2D eigenvalue weighted by Crippen LogP contribution is 2.32. The lowest BCUT2D eigenvalue weighted by atomic mass is 10.0. The van der Waals surface area contributed by atoms with E-state index in [9.17, 15) is 8.42 Å². The number of hydrogen-bond acceptors (Lipinski definition) is 3. The Morgan fingerprint density at radius 1 is 1.04 bits per heavy atom. The van der Waals surface area contributed by atoms with Crippen molar-refractivity contribution in [3.8, 4) is 34.3 Å². The molecule has 0 saturated carbocycles. The Morgan fingerprint density at radius 2 is 1.64 bits per heavy atom. The van der Waals surface area contributed by atoms with Crippen LogP contribution in [-0.4, -0.2) is 18.2 Å². The Balaban J connectivity index is 2.14. The van der Waals surface area contributed by atoms with E-state index in [1.165, 1.54) is 16.8 Å². The summed E-state index contributed by atoms with van der Waals surface area (Å²) in [5.41, 5.74) is 3.24. The summed E-state index contributed by atoms with van der Waals surface area (Å²) in [7, 11) is -3.73. The van der Waals surface area contributed by atoms with Gasteiger partial charge < -0.3 is 0 Å². The van der Waals surface area contributed by atoms with Crippen LogP contribution in [0.4, 0.5) is 0 Å². The van der Waals surface area contributed by atoms with Crippen LogP contribution in [0.25, 0.3) is 22.4 Å². The molecule has 0 aliphatic rings. The largest absolute Gasteiger partial charge is 0.238 e. The van der Waals surface area contributed by atoms with Crippen molar-refractivity contribution in [2.24, 2.45) is 5.14 Å². The molecule has 0 amide bonds. The van der Waals surface area contributed by atoms with E-state index >= 15 is 0 Å². The van der Waals surface area contributed by atoms with E-state index in [0.717, 1.165) is 16.7 Å². The molecule has 0 saturated heterocycles. The molecule has 25 heavy (non-hydrogen) atoms. The molecule has 2 N–H and O–H groups in total. The van der Waals surface area contributed by atoms with Crippen LogP contribution in [0.3, 0.4) is 0 Å². The van der Waals surface area contributed by atoms with E-state index in [0.29, 0.717) is 10.7 Å². The van der Waals surface area contributed by atoms with Crippen molar-refractivity contribution in [2.75, 3.05) is 0 Å². The molecule has 1 aromatic heterocycles. The smallest absolute Gasteiger partial charge is 0.225 e.